The van der Waals surface area contributed by atoms with Crippen molar-refractivity contribution < 1.29 is 27.2 Å². The summed E-state index contributed by atoms with van der Waals surface area (Å²) >= 11 is 0. The Morgan fingerprint density at radius 3 is 2.59 bits per heavy atom. The van der Waals surface area contributed by atoms with Crippen molar-refractivity contribution in [2.45, 2.75) is 19.1 Å². The topological polar surface area (TPSA) is 80.1 Å². The molecule has 1 aliphatic rings. The molecule has 2 amide bonds. The summed E-state index contributed by atoms with van der Waals surface area (Å²) in [5, 5.41) is 6.72. The summed E-state index contributed by atoms with van der Waals surface area (Å²) in [5.74, 6) is -2.76. The third-order valence-electron chi connectivity index (χ3n) is 4.84. The van der Waals surface area contributed by atoms with E-state index in [-0.39, 0.29) is 37.0 Å². The molecule has 3 aromatic rings. The first-order valence-corrected chi connectivity index (χ1v) is 9.14. The summed E-state index contributed by atoms with van der Waals surface area (Å²) in [6.45, 7) is 1.77. The average molecular weight is 467 g/mol. The van der Waals surface area contributed by atoms with Crippen LogP contribution < -0.4 is 10.2 Å². The number of halogens is 4. The van der Waals surface area contributed by atoms with Crippen LogP contribution in [0, 0.1) is 5.82 Å². The van der Waals surface area contributed by atoms with E-state index in [1.807, 2.05) is 0 Å². The molecule has 1 aliphatic heterocycles. The molecule has 0 spiro atoms. The lowest BCUT2D eigenvalue weighted by Crippen LogP contribution is -2.43. The van der Waals surface area contributed by atoms with Crippen molar-refractivity contribution in [3.63, 3.8) is 0 Å². The van der Waals surface area contributed by atoms with Crippen LogP contribution in [0.3, 0.4) is 0 Å². The summed E-state index contributed by atoms with van der Waals surface area (Å²) in [7, 11) is 0. The van der Waals surface area contributed by atoms with Gasteiger partial charge in [0.05, 0.1) is 35.2 Å². The molecule has 0 bridgehead atoms. The second-order valence-electron chi connectivity index (χ2n) is 6.97. The number of carbonyl (C=O) groups is 2. The van der Waals surface area contributed by atoms with Gasteiger partial charge in [0.2, 0.25) is 0 Å². The molecule has 0 saturated carbocycles. The van der Waals surface area contributed by atoms with E-state index >= 15 is 0 Å². The van der Waals surface area contributed by atoms with Gasteiger partial charge in [-0.2, -0.15) is 31.8 Å². The van der Waals surface area contributed by atoms with E-state index in [9.17, 15) is 27.2 Å². The van der Waals surface area contributed by atoms with E-state index in [4.69, 9.17) is 0 Å². The molecular weight excluding hydrogens is 450 g/mol. The van der Waals surface area contributed by atoms with Gasteiger partial charge in [0, 0.05) is 18.4 Å². The lowest BCUT2D eigenvalue weighted by atomic mass is 10.1. The molecule has 2 aromatic heterocycles. The van der Waals surface area contributed by atoms with Gasteiger partial charge in [-0.1, -0.05) is 0 Å². The quantitative estimate of drug-likeness (QED) is 0.590. The monoisotopic (exact) mass is 467 g/mol. The zero-order chi connectivity index (χ0) is 22.3. The van der Waals surface area contributed by atoms with Gasteiger partial charge in [-0.15, -0.1) is 0 Å². The second kappa shape index (κ2) is 8.61. The summed E-state index contributed by atoms with van der Waals surface area (Å²) < 4.78 is 54.0. The van der Waals surface area contributed by atoms with Crippen molar-refractivity contribution in [1.29, 1.82) is 0 Å². The van der Waals surface area contributed by atoms with E-state index in [0.717, 1.165) is 11.0 Å². The standard InChI is InChI=1S/C20H15F4N5O2.H2S/c1-11-10-28(13-4-5-15(16(21)7-13)20(22,23)24)19(31)17-14(9-26-29(11)17)18(30)27-12-3-2-6-25-8-12;/h2-9,11H,10H2,1H3,(H,27,30);1H2/t11-;/m0./s1. The molecule has 1 aromatic carbocycles. The van der Waals surface area contributed by atoms with E-state index in [0.29, 0.717) is 17.8 Å². The van der Waals surface area contributed by atoms with Crippen molar-refractivity contribution in [3.05, 3.63) is 71.6 Å². The lowest BCUT2D eigenvalue weighted by molar-refractivity contribution is -0.139. The van der Waals surface area contributed by atoms with Gasteiger partial charge in [0.1, 0.15) is 11.5 Å². The number of pyridine rings is 1. The van der Waals surface area contributed by atoms with Crippen LogP contribution in [0.1, 0.15) is 39.4 Å². The zero-order valence-corrected chi connectivity index (χ0v) is 17.5. The van der Waals surface area contributed by atoms with Crippen molar-refractivity contribution in [3.8, 4) is 0 Å². The fraction of sp³-hybridized carbons (Fsp3) is 0.200. The van der Waals surface area contributed by atoms with Gasteiger partial charge in [0.15, 0.2) is 0 Å². The molecule has 0 aliphatic carbocycles. The van der Waals surface area contributed by atoms with Gasteiger partial charge in [0.25, 0.3) is 11.8 Å². The van der Waals surface area contributed by atoms with E-state index < -0.39 is 35.4 Å². The van der Waals surface area contributed by atoms with Crippen LogP contribution in [0.2, 0.25) is 0 Å². The predicted molar refractivity (Wildman–Crippen MR) is 113 cm³/mol. The van der Waals surface area contributed by atoms with Crippen LogP contribution in [0.5, 0.6) is 0 Å². The maximum Gasteiger partial charge on any atom is 0.419 e. The van der Waals surface area contributed by atoms with E-state index in [2.05, 4.69) is 15.4 Å². The minimum Gasteiger partial charge on any atom is -0.320 e. The molecule has 3 heterocycles. The Bertz CT molecular complexity index is 1170. The highest BCUT2D eigenvalue weighted by atomic mass is 32.1. The molecule has 4 rings (SSSR count). The van der Waals surface area contributed by atoms with Crippen molar-refractivity contribution in [2.24, 2.45) is 0 Å². The minimum absolute atomic E-state index is 0. The van der Waals surface area contributed by atoms with Crippen LogP contribution in [-0.4, -0.2) is 33.1 Å². The number of aromatic nitrogens is 3. The Morgan fingerprint density at radius 1 is 1.22 bits per heavy atom. The summed E-state index contributed by atoms with van der Waals surface area (Å²) in [5.41, 5.74) is -1.12. The molecule has 7 nitrogen and oxygen atoms in total. The summed E-state index contributed by atoms with van der Waals surface area (Å²) in [6.07, 6.45) is -0.649. The molecule has 32 heavy (non-hydrogen) atoms. The summed E-state index contributed by atoms with van der Waals surface area (Å²) in [4.78, 5) is 30.8. The van der Waals surface area contributed by atoms with Crippen LogP contribution in [0.15, 0.2) is 48.9 Å². The first-order chi connectivity index (χ1) is 14.7. The highest BCUT2D eigenvalue weighted by molar-refractivity contribution is 7.59. The number of hydrogen-bond donors (Lipinski definition) is 1. The molecular formula is C20H17F4N5O2S. The number of fused-ring (bicyclic) bond motifs is 1. The van der Waals surface area contributed by atoms with Crippen molar-refractivity contribution in [1.82, 2.24) is 14.8 Å². The average Bonchev–Trinajstić information content (AvgIpc) is 3.17. The predicted octanol–water partition coefficient (Wildman–Crippen LogP) is 4.02. The molecule has 12 heteroatoms. The second-order valence-corrected chi connectivity index (χ2v) is 6.97. The molecule has 1 N–H and O–H groups in total. The fourth-order valence-electron chi connectivity index (χ4n) is 3.39. The van der Waals surface area contributed by atoms with Gasteiger partial charge >= 0.3 is 6.18 Å². The Kier molecular flexibility index (Phi) is 6.26. The largest absolute Gasteiger partial charge is 0.419 e. The molecule has 0 saturated heterocycles. The minimum atomic E-state index is -4.85. The third-order valence-corrected chi connectivity index (χ3v) is 4.84. The molecule has 1 atom stereocenters. The van der Waals surface area contributed by atoms with Gasteiger partial charge < -0.3 is 10.2 Å². The van der Waals surface area contributed by atoms with Gasteiger partial charge in [-0.05, 0) is 37.3 Å². The molecule has 0 radical (unpaired) electrons. The number of nitrogens with one attached hydrogen (secondary N) is 1. The van der Waals surface area contributed by atoms with E-state index in [1.165, 1.54) is 23.3 Å². The zero-order valence-electron chi connectivity index (χ0n) is 16.5. The SMILES string of the molecule is C[C@H]1CN(c2ccc(C(F)(F)F)c(F)c2)C(=O)c2c(C(=O)Nc3cccnc3)cnn21.S. The Labute approximate surface area is 186 Å². The number of hydrogen-bond acceptors (Lipinski definition) is 4. The van der Waals surface area contributed by atoms with Crippen LogP contribution in [0.25, 0.3) is 0 Å². The Morgan fingerprint density at radius 2 is 1.97 bits per heavy atom. The number of nitrogens with zero attached hydrogens (tertiary/aromatic N) is 4. The fourth-order valence-corrected chi connectivity index (χ4v) is 3.39. The number of alkyl halides is 3. The normalized spacial score (nSPS) is 15.7. The maximum absolute atomic E-state index is 14.1. The number of amides is 2. The molecule has 0 unspecified atom stereocenters. The van der Waals surface area contributed by atoms with Gasteiger partial charge in [-0.3, -0.25) is 19.3 Å². The molecule has 168 valence electrons. The van der Waals surface area contributed by atoms with Crippen LogP contribution >= 0.6 is 13.5 Å². The Balaban J connectivity index is 0.00000289. The van der Waals surface area contributed by atoms with Crippen molar-refractivity contribution in [2.75, 3.05) is 16.8 Å². The molecule has 0 fully saturated rings. The van der Waals surface area contributed by atoms with Gasteiger partial charge in [-0.25, -0.2) is 4.39 Å². The number of anilines is 2. The number of rotatable bonds is 3. The van der Waals surface area contributed by atoms with Crippen LogP contribution in [0.4, 0.5) is 28.9 Å². The van der Waals surface area contributed by atoms with Crippen molar-refractivity contribution >= 4 is 36.7 Å². The Hall–Kier alpha value is -3.41. The van der Waals surface area contributed by atoms with Crippen LogP contribution in [-0.2, 0) is 6.18 Å². The van der Waals surface area contributed by atoms with E-state index in [1.54, 1.807) is 19.1 Å². The first kappa shape index (κ1) is 23.3. The highest BCUT2D eigenvalue weighted by Gasteiger charge is 2.37. The highest BCUT2D eigenvalue weighted by Crippen LogP contribution is 2.35. The smallest absolute Gasteiger partial charge is 0.320 e. The summed E-state index contributed by atoms with van der Waals surface area (Å²) in [6, 6.07) is 5.11. The maximum atomic E-state index is 14.1. The lowest BCUT2D eigenvalue weighted by Gasteiger charge is -2.32. The third kappa shape index (κ3) is 4.17. The first-order valence-electron chi connectivity index (χ1n) is 9.14. The number of benzene rings is 1. The number of carbonyl (C=O) groups excluding carboxylic acids is 2.